The third-order valence-electron chi connectivity index (χ3n) is 2.96. The Kier molecular flexibility index (Phi) is 4.49. The molecule has 6 heteroatoms. The van der Waals surface area contributed by atoms with Crippen LogP contribution < -0.4 is 10.5 Å². The molecule has 0 saturated heterocycles. The monoisotopic (exact) mass is 290 g/mol. The van der Waals surface area contributed by atoms with Crippen molar-refractivity contribution in [3.05, 3.63) is 69.5 Å². The third kappa shape index (κ3) is 3.76. The van der Waals surface area contributed by atoms with E-state index >= 15 is 0 Å². The van der Waals surface area contributed by atoms with Gasteiger partial charge in [-0.3, -0.25) is 10.1 Å². The van der Waals surface area contributed by atoms with E-state index in [0.29, 0.717) is 11.3 Å². The molecule has 0 fully saturated rings. The number of benzene rings is 2. The summed E-state index contributed by atoms with van der Waals surface area (Å²) < 4.78 is 18.9. The number of nitrogens with two attached hydrogens (primary N) is 1. The Morgan fingerprint density at radius 3 is 2.71 bits per heavy atom. The summed E-state index contributed by atoms with van der Waals surface area (Å²) in [6, 6.07) is 10.4. The van der Waals surface area contributed by atoms with Gasteiger partial charge in [0.15, 0.2) is 0 Å². The highest BCUT2D eigenvalue weighted by molar-refractivity contribution is 5.37. The molecule has 0 unspecified atom stereocenters. The zero-order valence-electron chi connectivity index (χ0n) is 11.5. The van der Waals surface area contributed by atoms with Crippen molar-refractivity contribution in [3.8, 4) is 5.75 Å². The van der Waals surface area contributed by atoms with Crippen LogP contribution in [0, 0.1) is 15.9 Å². The second-order valence-electron chi connectivity index (χ2n) is 4.69. The molecule has 1 atom stereocenters. The second-order valence-corrected chi connectivity index (χ2v) is 4.69. The molecular weight excluding hydrogens is 275 g/mol. The molecule has 0 bridgehead atoms. The lowest BCUT2D eigenvalue weighted by Gasteiger charge is -2.13. The van der Waals surface area contributed by atoms with Gasteiger partial charge in [-0.2, -0.15) is 0 Å². The standard InChI is InChI=1S/C15H15FN2O3/c1-10(17)14-4-2-3-5-15(14)21-9-11-6-12(16)8-13(7-11)18(19)20/h2-8,10H,9,17H2,1H3/t10-/m1/s1. The van der Waals surface area contributed by atoms with E-state index in [2.05, 4.69) is 0 Å². The number of nitro groups is 1. The molecule has 0 aliphatic heterocycles. The first-order chi connectivity index (χ1) is 9.97. The molecule has 0 aliphatic carbocycles. The first-order valence-corrected chi connectivity index (χ1v) is 6.38. The van der Waals surface area contributed by atoms with E-state index in [1.165, 1.54) is 12.1 Å². The molecule has 0 saturated carbocycles. The fraction of sp³-hybridized carbons (Fsp3) is 0.200. The molecule has 0 radical (unpaired) electrons. The maximum Gasteiger partial charge on any atom is 0.272 e. The van der Waals surface area contributed by atoms with Gasteiger partial charge in [-0.25, -0.2) is 4.39 Å². The molecule has 2 N–H and O–H groups in total. The number of non-ortho nitro benzene ring substituents is 1. The highest BCUT2D eigenvalue weighted by atomic mass is 19.1. The number of hydrogen-bond acceptors (Lipinski definition) is 4. The fourth-order valence-electron chi connectivity index (χ4n) is 1.97. The van der Waals surface area contributed by atoms with Gasteiger partial charge in [-0.15, -0.1) is 0 Å². The molecule has 2 rings (SSSR count). The second kappa shape index (κ2) is 6.32. The topological polar surface area (TPSA) is 78.4 Å². The number of nitro benzene ring substituents is 1. The molecule has 2 aromatic rings. The first-order valence-electron chi connectivity index (χ1n) is 6.38. The van der Waals surface area contributed by atoms with E-state index in [4.69, 9.17) is 10.5 Å². The number of hydrogen-bond donors (Lipinski definition) is 1. The van der Waals surface area contributed by atoms with Crippen LogP contribution in [0.4, 0.5) is 10.1 Å². The smallest absolute Gasteiger partial charge is 0.272 e. The molecule has 0 spiro atoms. The molecule has 0 heterocycles. The Bertz CT molecular complexity index is 659. The molecule has 0 aromatic heterocycles. The van der Waals surface area contributed by atoms with E-state index in [1.807, 2.05) is 19.1 Å². The maximum absolute atomic E-state index is 13.3. The van der Waals surface area contributed by atoms with E-state index in [9.17, 15) is 14.5 Å². The lowest BCUT2D eigenvalue weighted by atomic mass is 10.1. The fourth-order valence-corrected chi connectivity index (χ4v) is 1.97. The quantitative estimate of drug-likeness (QED) is 0.676. The third-order valence-corrected chi connectivity index (χ3v) is 2.96. The molecule has 0 aliphatic rings. The summed E-state index contributed by atoms with van der Waals surface area (Å²) in [5.74, 6) is -0.0808. The minimum absolute atomic E-state index is 0.0301. The Hall–Kier alpha value is -2.47. The lowest BCUT2D eigenvalue weighted by Crippen LogP contribution is -2.08. The van der Waals surface area contributed by atoms with E-state index in [-0.39, 0.29) is 18.3 Å². The summed E-state index contributed by atoms with van der Waals surface area (Å²) in [6.45, 7) is 1.86. The Morgan fingerprint density at radius 2 is 2.05 bits per heavy atom. The summed E-state index contributed by atoms with van der Waals surface area (Å²) in [6.07, 6.45) is 0. The van der Waals surface area contributed by atoms with Crippen molar-refractivity contribution in [2.45, 2.75) is 19.6 Å². The minimum Gasteiger partial charge on any atom is -0.489 e. The average Bonchev–Trinajstić information content (AvgIpc) is 2.44. The number of halogens is 1. The summed E-state index contributed by atoms with van der Waals surface area (Å²) in [4.78, 5) is 10.1. The summed E-state index contributed by atoms with van der Waals surface area (Å²) in [5, 5.41) is 10.7. The largest absolute Gasteiger partial charge is 0.489 e. The SMILES string of the molecule is C[C@@H](N)c1ccccc1OCc1cc(F)cc([N+](=O)[O-])c1. The molecule has 0 amide bonds. The number of rotatable bonds is 5. The number of ether oxygens (including phenoxy) is 1. The normalized spacial score (nSPS) is 12.0. The summed E-state index contributed by atoms with van der Waals surface area (Å²) in [5.41, 5.74) is 6.76. The van der Waals surface area contributed by atoms with Gasteiger partial charge in [0.25, 0.3) is 5.69 Å². The Morgan fingerprint density at radius 1 is 1.33 bits per heavy atom. The predicted molar refractivity (Wildman–Crippen MR) is 76.4 cm³/mol. The van der Waals surface area contributed by atoms with E-state index < -0.39 is 10.7 Å². The first kappa shape index (κ1) is 14.9. The highest BCUT2D eigenvalue weighted by Crippen LogP contribution is 2.25. The Balaban J connectivity index is 2.19. The number of para-hydroxylation sites is 1. The van der Waals surface area contributed by atoms with Crippen molar-refractivity contribution in [3.63, 3.8) is 0 Å². The van der Waals surface area contributed by atoms with Crippen molar-refractivity contribution >= 4 is 5.69 Å². The van der Waals surface area contributed by atoms with Crippen LogP contribution in [0.25, 0.3) is 0 Å². The van der Waals surface area contributed by atoms with Crippen LogP contribution in [0.15, 0.2) is 42.5 Å². The molecular formula is C15H15FN2O3. The maximum atomic E-state index is 13.3. The van der Waals surface area contributed by atoms with Crippen LogP contribution in [0.3, 0.4) is 0 Å². The minimum atomic E-state index is -0.664. The van der Waals surface area contributed by atoms with Gasteiger partial charge in [0.05, 0.1) is 11.0 Å². The Labute approximate surface area is 121 Å². The van der Waals surface area contributed by atoms with Crippen LogP contribution in [0.1, 0.15) is 24.1 Å². The van der Waals surface area contributed by atoms with Gasteiger partial charge in [-0.1, -0.05) is 18.2 Å². The van der Waals surface area contributed by atoms with Crippen molar-refractivity contribution in [2.24, 2.45) is 5.73 Å². The van der Waals surface area contributed by atoms with Gasteiger partial charge in [0, 0.05) is 17.7 Å². The molecule has 21 heavy (non-hydrogen) atoms. The van der Waals surface area contributed by atoms with Crippen LogP contribution in [0.5, 0.6) is 5.75 Å². The van der Waals surface area contributed by atoms with Crippen LogP contribution >= 0.6 is 0 Å². The summed E-state index contributed by atoms with van der Waals surface area (Å²) in [7, 11) is 0. The summed E-state index contributed by atoms with van der Waals surface area (Å²) >= 11 is 0. The van der Waals surface area contributed by atoms with Gasteiger partial charge in [-0.05, 0) is 24.6 Å². The van der Waals surface area contributed by atoms with Crippen LogP contribution in [-0.2, 0) is 6.61 Å². The van der Waals surface area contributed by atoms with E-state index in [1.54, 1.807) is 12.1 Å². The predicted octanol–water partition coefficient (Wildman–Crippen LogP) is 3.33. The van der Waals surface area contributed by atoms with Crippen molar-refractivity contribution in [1.29, 1.82) is 0 Å². The lowest BCUT2D eigenvalue weighted by molar-refractivity contribution is -0.385. The van der Waals surface area contributed by atoms with Gasteiger partial charge in [0.2, 0.25) is 0 Å². The zero-order chi connectivity index (χ0) is 15.4. The van der Waals surface area contributed by atoms with Gasteiger partial charge < -0.3 is 10.5 Å². The molecule has 5 nitrogen and oxygen atoms in total. The highest BCUT2D eigenvalue weighted by Gasteiger charge is 2.11. The van der Waals surface area contributed by atoms with Crippen LogP contribution in [0.2, 0.25) is 0 Å². The van der Waals surface area contributed by atoms with Gasteiger partial charge >= 0.3 is 0 Å². The van der Waals surface area contributed by atoms with Crippen LogP contribution in [-0.4, -0.2) is 4.92 Å². The molecule has 2 aromatic carbocycles. The van der Waals surface area contributed by atoms with Gasteiger partial charge in [0.1, 0.15) is 18.2 Å². The van der Waals surface area contributed by atoms with Crippen molar-refractivity contribution in [2.75, 3.05) is 0 Å². The molecule has 110 valence electrons. The average molecular weight is 290 g/mol. The van der Waals surface area contributed by atoms with E-state index in [0.717, 1.165) is 11.6 Å². The van der Waals surface area contributed by atoms with Crippen molar-refractivity contribution < 1.29 is 14.1 Å². The zero-order valence-corrected chi connectivity index (χ0v) is 11.5. The van der Waals surface area contributed by atoms with Crippen molar-refractivity contribution in [1.82, 2.24) is 0 Å². The number of nitrogens with zero attached hydrogens (tertiary/aromatic N) is 1.